The average molecular weight is 119 g/mol. The van der Waals surface area contributed by atoms with Gasteiger partial charge in [-0.25, -0.2) is 4.79 Å². The Morgan fingerprint density at radius 2 is 2.25 bits per heavy atom. The van der Waals surface area contributed by atoms with Gasteiger partial charge >= 0.3 is 5.97 Å². The van der Waals surface area contributed by atoms with Gasteiger partial charge in [0.25, 0.3) is 0 Å². The van der Waals surface area contributed by atoms with Crippen LogP contribution >= 0.6 is 0 Å². The molecule has 0 aromatic heterocycles. The molecule has 0 amide bonds. The Labute approximate surface area is 47.2 Å². The van der Waals surface area contributed by atoms with E-state index in [0.717, 1.165) is 14.0 Å². The van der Waals surface area contributed by atoms with E-state index in [4.69, 9.17) is 10.8 Å². The van der Waals surface area contributed by atoms with E-state index in [1.54, 1.807) is 0 Å². The van der Waals surface area contributed by atoms with Crippen LogP contribution in [0.3, 0.4) is 0 Å². The Morgan fingerprint density at radius 3 is 2.25 bits per heavy atom. The topological polar surface area (TPSA) is 72.5 Å². The smallest absolute Gasteiger partial charge is 0.352 e. The van der Waals surface area contributed by atoms with Crippen LogP contribution in [0.1, 0.15) is 6.92 Å². The Bertz CT molecular complexity index is 93.9. The van der Waals surface area contributed by atoms with Crippen molar-refractivity contribution in [2.75, 3.05) is 7.11 Å². The van der Waals surface area contributed by atoms with Gasteiger partial charge in [0.2, 0.25) is 5.72 Å². The number of hydrogen-bond donors (Lipinski definition) is 2. The Hall–Kier alpha value is -0.610. The number of esters is 1. The normalized spacial score (nSPS) is 17.0. The highest BCUT2D eigenvalue weighted by atomic mass is 16.5. The van der Waals surface area contributed by atoms with E-state index in [-0.39, 0.29) is 0 Å². The molecule has 0 saturated heterocycles. The van der Waals surface area contributed by atoms with E-state index in [0.29, 0.717) is 0 Å². The zero-order valence-corrected chi connectivity index (χ0v) is 4.84. The number of carbonyl (C=O) groups is 1. The fourth-order valence-electron chi connectivity index (χ4n) is 0.207. The van der Waals surface area contributed by atoms with E-state index in [1.165, 1.54) is 0 Å². The van der Waals surface area contributed by atoms with Gasteiger partial charge in [-0.05, 0) is 6.92 Å². The van der Waals surface area contributed by atoms with Crippen molar-refractivity contribution in [1.29, 1.82) is 0 Å². The fraction of sp³-hybridized carbons (Fsp3) is 0.750. The molecular formula is C4H9NO3. The van der Waals surface area contributed by atoms with Gasteiger partial charge in [0.1, 0.15) is 0 Å². The highest BCUT2D eigenvalue weighted by molar-refractivity contribution is 5.77. The predicted molar refractivity (Wildman–Crippen MR) is 26.8 cm³/mol. The number of carbonyl (C=O) groups excluding carboxylic acids is 1. The van der Waals surface area contributed by atoms with Crippen molar-refractivity contribution in [3.63, 3.8) is 0 Å². The highest BCUT2D eigenvalue weighted by Crippen LogP contribution is 1.92. The summed E-state index contributed by atoms with van der Waals surface area (Å²) in [5, 5.41) is 8.59. The zero-order chi connectivity index (χ0) is 6.78. The van der Waals surface area contributed by atoms with E-state index >= 15 is 0 Å². The summed E-state index contributed by atoms with van der Waals surface area (Å²) in [6.45, 7) is 1.15. The lowest BCUT2D eigenvalue weighted by Crippen LogP contribution is -2.45. The first-order chi connectivity index (χ1) is 3.48. The molecule has 0 aromatic rings. The lowest BCUT2D eigenvalue weighted by atomic mass is 10.3. The van der Waals surface area contributed by atoms with Crippen LogP contribution in [0.25, 0.3) is 0 Å². The van der Waals surface area contributed by atoms with Crippen LogP contribution in [0.4, 0.5) is 0 Å². The van der Waals surface area contributed by atoms with E-state index in [2.05, 4.69) is 4.74 Å². The maximum atomic E-state index is 10.2. The Balaban J connectivity index is 3.82. The molecule has 0 fully saturated rings. The third-order valence-corrected chi connectivity index (χ3v) is 0.599. The van der Waals surface area contributed by atoms with E-state index in [9.17, 15) is 4.79 Å². The summed E-state index contributed by atoms with van der Waals surface area (Å²) in [6, 6.07) is 0. The molecule has 48 valence electrons. The molecule has 0 spiro atoms. The number of methoxy groups -OCH3 is 1. The molecular weight excluding hydrogens is 110 g/mol. The van der Waals surface area contributed by atoms with Gasteiger partial charge < -0.3 is 9.84 Å². The largest absolute Gasteiger partial charge is 0.466 e. The van der Waals surface area contributed by atoms with Crippen molar-refractivity contribution in [1.82, 2.24) is 0 Å². The van der Waals surface area contributed by atoms with Crippen LogP contribution in [0.2, 0.25) is 0 Å². The molecule has 0 bridgehead atoms. The van der Waals surface area contributed by atoms with E-state index in [1.807, 2.05) is 0 Å². The molecule has 0 aliphatic rings. The molecule has 0 rings (SSSR count). The fourth-order valence-corrected chi connectivity index (χ4v) is 0.207. The monoisotopic (exact) mass is 119 g/mol. The van der Waals surface area contributed by atoms with Crippen LogP contribution in [0.5, 0.6) is 0 Å². The first kappa shape index (κ1) is 7.39. The molecule has 0 heterocycles. The maximum Gasteiger partial charge on any atom is 0.352 e. The third-order valence-electron chi connectivity index (χ3n) is 0.599. The first-order valence-electron chi connectivity index (χ1n) is 2.08. The number of nitrogens with two attached hydrogens (primary N) is 1. The summed E-state index contributed by atoms with van der Waals surface area (Å²) in [7, 11) is 1.16. The second-order valence-corrected chi connectivity index (χ2v) is 1.64. The second kappa shape index (κ2) is 2.11. The summed E-state index contributed by atoms with van der Waals surface area (Å²) in [4.78, 5) is 10.2. The lowest BCUT2D eigenvalue weighted by molar-refractivity contribution is -0.159. The molecule has 0 radical (unpaired) electrons. The summed E-state index contributed by atoms with van der Waals surface area (Å²) in [5.41, 5.74) is 3.02. The van der Waals surface area contributed by atoms with Gasteiger partial charge in [-0.15, -0.1) is 0 Å². The SMILES string of the molecule is COC(=O)[C@](C)(N)O. The van der Waals surface area contributed by atoms with Gasteiger partial charge in [0, 0.05) is 0 Å². The van der Waals surface area contributed by atoms with Gasteiger partial charge in [-0.2, -0.15) is 0 Å². The Kier molecular flexibility index (Phi) is 1.94. The maximum absolute atomic E-state index is 10.2. The van der Waals surface area contributed by atoms with Gasteiger partial charge in [0.05, 0.1) is 7.11 Å². The minimum atomic E-state index is -1.85. The highest BCUT2D eigenvalue weighted by Gasteiger charge is 2.24. The zero-order valence-electron chi connectivity index (χ0n) is 4.84. The number of rotatable bonds is 1. The number of ether oxygens (including phenoxy) is 1. The first-order valence-corrected chi connectivity index (χ1v) is 2.08. The molecule has 0 aromatic carbocycles. The van der Waals surface area contributed by atoms with Gasteiger partial charge in [0.15, 0.2) is 0 Å². The minimum Gasteiger partial charge on any atom is -0.466 e. The predicted octanol–water partition coefficient (Wildman–Crippen LogP) is -1.17. The van der Waals surface area contributed by atoms with Crippen molar-refractivity contribution in [3.05, 3.63) is 0 Å². The third kappa shape index (κ3) is 1.90. The molecule has 8 heavy (non-hydrogen) atoms. The second-order valence-electron chi connectivity index (χ2n) is 1.64. The van der Waals surface area contributed by atoms with Crippen molar-refractivity contribution in [2.24, 2.45) is 5.73 Å². The molecule has 4 heteroatoms. The molecule has 0 aliphatic carbocycles. The van der Waals surface area contributed by atoms with Crippen molar-refractivity contribution >= 4 is 5.97 Å². The van der Waals surface area contributed by atoms with Gasteiger partial charge in [-0.3, -0.25) is 5.73 Å². The van der Waals surface area contributed by atoms with E-state index < -0.39 is 11.7 Å². The molecule has 4 nitrogen and oxygen atoms in total. The number of aliphatic hydroxyl groups is 1. The van der Waals surface area contributed by atoms with Crippen LogP contribution in [-0.4, -0.2) is 23.9 Å². The van der Waals surface area contributed by atoms with Crippen molar-refractivity contribution in [3.8, 4) is 0 Å². The standard InChI is InChI=1S/C4H9NO3/c1-4(5,7)3(6)8-2/h7H,5H2,1-2H3/t4-/m1/s1. The molecule has 0 unspecified atom stereocenters. The quantitative estimate of drug-likeness (QED) is 0.337. The molecule has 1 atom stereocenters. The lowest BCUT2D eigenvalue weighted by Gasteiger charge is -2.12. The Morgan fingerprint density at radius 1 is 1.88 bits per heavy atom. The molecule has 0 saturated carbocycles. The van der Waals surface area contributed by atoms with Crippen LogP contribution < -0.4 is 5.73 Å². The average Bonchev–Trinajstić information content (AvgIpc) is 1.62. The summed E-state index contributed by atoms with van der Waals surface area (Å²) < 4.78 is 4.10. The summed E-state index contributed by atoms with van der Waals surface area (Å²) >= 11 is 0. The van der Waals surface area contributed by atoms with Crippen LogP contribution in [0.15, 0.2) is 0 Å². The van der Waals surface area contributed by atoms with Crippen molar-refractivity contribution < 1.29 is 14.6 Å². The summed E-state index contributed by atoms with van der Waals surface area (Å²) in [6.07, 6.45) is 0. The van der Waals surface area contributed by atoms with Gasteiger partial charge in [-0.1, -0.05) is 0 Å². The minimum absolute atomic E-state index is 0.836. The van der Waals surface area contributed by atoms with Crippen LogP contribution in [-0.2, 0) is 9.53 Å². The summed E-state index contributed by atoms with van der Waals surface area (Å²) in [5.74, 6) is -0.836. The number of hydrogen-bond acceptors (Lipinski definition) is 4. The van der Waals surface area contributed by atoms with Crippen molar-refractivity contribution in [2.45, 2.75) is 12.6 Å². The van der Waals surface area contributed by atoms with Crippen LogP contribution in [0, 0.1) is 0 Å². The molecule has 0 aliphatic heterocycles. The molecule has 3 N–H and O–H groups in total.